The fourth-order valence-corrected chi connectivity index (χ4v) is 1.99. The highest BCUT2D eigenvalue weighted by molar-refractivity contribution is 5.43. The monoisotopic (exact) mass is 290 g/mol. The summed E-state index contributed by atoms with van der Waals surface area (Å²) in [7, 11) is 1.64. The third-order valence-electron chi connectivity index (χ3n) is 3.04. The van der Waals surface area contributed by atoms with Crippen molar-refractivity contribution in [2.24, 2.45) is 0 Å². The Morgan fingerprint density at radius 2 is 2.10 bits per heavy atom. The van der Waals surface area contributed by atoms with Crippen molar-refractivity contribution in [1.82, 2.24) is 10.5 Å². The largest absolute Gasteiger partial charge is 0.493 e. The molecule has 5 heteroatoms. The van der Waals surface area contributed by atoms with E-state index in [0.717, 1.165) is 42.3 Å². The quantitative estimate of drug-likeness (QED) is 0.757. The van der Waals surface area contributed by atoms with Crippen LogP contribution in [0.2, 0.25) is 0 Å². The zero-order chi connectivity index (χ0) is 15.1. The Balaban J connectivity index is 2.02. The Bertz CT molecular complexity index is 566. The van der Waals surface area contributed by atoms with Crippen molar-refractivity contribution in [2.75, 3.05) is 13.7 Å². The lowest BCUT2D eigenvalue weighted by atomic mass is 10.2. The molecule has 0 aliphatic heterocycles. The second-order valence-corrected chi connectivity index (χ2v) is 4.88. The Kier molecular flexibility index (Phi) is 5.63. The molecule has 1 N–H and O–H groups in total. The van der Waals surface area contributed by atoms with Crippen LogP contribution < -0.4 is 14.8 Å². The minimum absolute atomic E-state index is 0.361. The lowest BCUT2D eigenvalue weighted by Crippen LogP contribution is -2.13. The summed E-state index contributed by atoms with van der Waals surface area (Å²) in [6.45, 7) is 6.18. The van der Waals surface area contributed by atoms with Crippen molar-refractivity contribution in [3.05, 3.63) is 41.3 Å². The third-order valence-corrected chi connectivity index (χ3v) is 3.04. The predicted molar refractivity (Wildman–Crippen MR) is 80.6 cm³/mol. The normalized spacial score (nSPS) is 10.6. The summed E-state index contributed by atoms with van der Waals surface area (Å²) >= 11 is 0. The van der Waals surface area contributed by atoms with E-state index in [4.69, 9.17) is 14.0 Å². The molecule has 114 valence electrons. The number of hydrogen-bond acceptors (Lipinski definition) is 5. The van der Waals surface area contributed by atoms with E-state index in [1.54, 1.807) is 7.11 Å². The fourth-order valence-electron chi connectivity index (χ4n) is 1.99. The van der Waals surface area contributed by atoms with Crippen LogP contribution in [-0.2, 0) is 13.2 Å². The molecule has 1 aromatic heterocycles. The van der Waals surface area contributed by atoms with Gasteiger partial charge in [0, 0.05) is 12.6 Å². The van der Waals surface area contributed by atoms with Crippen LogP contribution in [0.1, 0.15) is 30.4 Å². The van der Waals surface area contributed by atoms with Gasteiger partial charge in [0.2, 0.25) is 0 Å². The number of nitrogens with one attached hydrogen (secondary N) is 1. The smallest absolute Gasteiger partial charge is 0.162 e. The summed E-state index contributed by atoms with van der Waals surface area (Å²) in [6.07, 6.45) is 1.12. The maximum absolute atomic E-state index is 5.80. The van der Waals surface area contributed by atoms with E-state index in [2.05, 4.69) is 17.4 Å². The summed E-state index contributed by atoms with van der Waals surface area (Å²) < 4.78 is 16.2. The number of nitrogens with zero attached hydrogens (tertiary/aromatic N) is 1. The van der Waals surface area contributed by atoms with Gasteiger partial charge in [0.05, 0.1) is 7.11 Å². The van der Waals surface area contributed by atoms with Gasteiger partial charge >= 0.3 is 0 Å². The molecule has 0 atom stereocenters. The number of ether oxygens (including phenoxy) is 2. The third kappa shape index (κ3) is 4.49. The molecule has 0 fully saturated rings. The zero-order valence-electron chi connectivity index (χ0n) is 12.8. The predicted octanol–water partition coefficient (Wildman–Crippen LogP) is 3.07. The van der Waals surface area contributed by atoms with Gasteiger partial charge in [-0.15, -0.1) is 0 Å². The Hall–Kier alpha value is -2.01. The Morgan fingerprint density at radius 1 is 1.24 bits per heavy atom. The summed E-state index contributed by atoms with van der Waals surface area (Å²) in [5.74, 6) is 2.21. The van der Waals surface area contributed by atoms with Crippen LogP contribution in [0.15, 0.2) is 28.8 Å². The molecule has 21 heavy (non-hydrogen) atoms. The first-order valence-electron chi connectivity index (χ1n) is 7.15. The topological polar surface area (TPSA) is 56.5 Å². The summed E-state index contributed by atoms with van der Waals surface area (Å²) in [4.78, 5) is 0. The van der Waals surface area contributed by atoms with Crippen LogP contribution in [0.5, 0.6) is 11.5 Å². The SMILES string of the molecule is CCCNCc1ccc(OC)c(OCc2cc(C)on2)c1. The first-order valence-corrected chi connectivity index (χ1v) is 7.15. The molecule has 0 saturated heterocycles. The first-order chi connectivity index (χ1) is 10.2. The van der Waals surface area contributed by atoms with Crippen LogP contribution in [0.4, 0.5) is 0 Å². The lowest BCUT2D eigenvalue weighted by Gasteiger charge is -2.12. The molecular weight excluding hydrogens is 268 g/mol. The van der Waals surface area contributed by atoms with Gasteiger partial charge in [0.15, 0.2) is 11.5 Å². The van der Waals surface area contributed by atoms with Crippen molar-refractivity contribution < 1.29 is 14.0 Å². The van der Waals surface area contributed by atoms with Crippen molar-refractivity contribution >= 4 is 0 Å². The Morgan fingerprint density at radius 3 is 2.76 bits per heavy atom. The molecule has 0 aliphatic rings. The highest BCUT2D eigenvalue weighted by Crippen LogP contribution is 2.28. The minimum atomic E-state index is 0.361. The van der Waals surface area contributed by atoms with Crippen LogP contribution in [0, 0.1) is 6.92 Å². The zero-order valence-corrected chi connectivity index (χ0v) is 12.8. The molecule has 0 spiro atoms. The van der Waals surface area contributed by atoms with Crippen LogP contribution in [0.25, 0.3) is 0 Å². The second-order valence-electron chi connectivity index (χ2n) is 4.88. The average Bonchev–Trinajstić information content (AvgIpc) is 2.91. The van der Waals surface area contributed by atoms with Gasteiger partial charge in [-0.05, 0) is 37.6 Å². The number of aryl methyl sites for hydroxylation is 1. The summed E-state index contributed by atoms with van der Waals surface area (Å²) in [5, 5.41) is 7.29. The second kappa shape index (κ2) is 7.69. The van der Waals surface area contributed by atoms with Crippen molar-refractivity contribution in [3.63, 3.8) is 0 Å². The van der Waals surface area contributed by atoms with Gasteiger partial charge in [-0.25, -0.2) is 0 Å². The number of hydrogen-bond donors (Lipinski definition) is 1. The number of methoxy groups -OCH3 is 1. The molecule has 0 radical (unpaired) electrons. The van der Waals surface area contributed by atoms with Crippen molar-refractivity contribution in [2.45, 2.75) is 33.4 Å². The van der Waals surface area contributed by atoms with Gasteiger partial charge in [-0.1, -0.05) is 18.1 Å². The van der Waals surface area contributed by atoms with Crippen LogP contribution in [-0.4, -0.2) is 18.8 Å². The van der Waals surface area contributed by atoms with E-state index >= 15 is 0 Å². The van der Waals surface area contributed by atoms with Gasteiger partial charge in [-0.2, -0.15) is 0 Å². The molecule has 0 amide bonds. The highest BCUT2D eigenvalue weighted by atomic mass is 16.5. The van der Waals surface area contributed by atoms with Crippen LogP contribution in [0.3, 0.4) is 0 Å². The maximum atomic E-state index is 5.80. The molecular formula is C16H22N2O3. The first kappa shape index (κ1) is 15.4. The molecule has 2 aromatic rings. The molecule has 0 saturated carbocycles. The van der Waals surface area contributed by atoms with Gasteiger partial charge in [0.1, 0.15) is 18.1 Å². The Labute approximate surface area is 125 Å². The molecule has 1 heterocycles. The minimum Gasteiger partial charge on any atom is -0.493 e. The number of aromatic nitrogens is 1. The van der Waals surface area contributed by atoms with E-state index in [9.17, 15) is 0 Å². The van der Waals surface area contributed by atoms with Crippen molar-refractivity contribution in [3.8, 4) is 11.5 Å². The van der Waals surface area contributed by atoms with Gasteiger partial charge < -0.3 is 19.3 Å². The van der Waals surface area contributed by atoms with Crippen molar-refractivity contribution in [1.29, 1.82) is 0 Å². The van der Waals surface area contributed by atoms with E-state index in [0.29, 0.717) is 12.4 Å². The number of rotatable bonds is 8. The van der Waals surface area contributed by atoms with E-state index in [1.165, 1.54) is 0 Å². The molecule has 0 aliphatic carbocycles. The summed E-state index contributed by atoms with van der Waals surface area (Å²) in [5.41, 5.74) is 1.93. The summed E-state index contributed by atoms with van der Waals surface area (Å²) in [6, 6.07) is 7.81. The van der Waals surface area contributed by atoms with Gasteiger partial charge in [-0.3, -0.25) is 0 Å². The van der Waals surface area contributed by atoms with E-state index in [1.807, 2.05) is 31.2 Å². The number of benzene rings is 1. The van der Waals surface area contributed by atoms with E-state index in [-0.39, 0.29) is 0 Å². The average molecular weight is 290 g/mol. The van der Waals surface area contributed by atoms with E-state index < -0.39 is 0 Å². The maximum Gasteiger partial charge on any atom is 0.162 e. The molecule has 0 bridgehead atoms. The lowest BCUT2D eigenvalue weighted by molar-refractivity contribution is 0.271. The molecule has 2 rings (SSSR count). The molecule has 5 nitrogen and oxygen atoms in total. The standard InChI is InChI=1S/C16H22N2O3/c1-4-7-17-10-13-5-6-15(19-3)16(9-13)20-11-14-8-12(2)21-18-14/h5-6,8-9,17H,4,7,10-11H2,1-3H3. The van der Waals surface area contributed by atoms with Gasteiger partial charge in [0.25, 0.3) is 0 Å². The highest BCUT2D eigenvalue weighted by Gasteiger charge is 2.08. The molecule has 1 aromatic carbocycles. The fraction of sp³-hybridized carbons (Fsp3) is 0.438. The van der Waals surface area contributed by atoms with Crippen LogP contribution >= 0.6 is 0 Å². The molecule has 0 unspecified atom stereocenters.